The SMILES string of the molecule is COc1ccnc(-c2nc3c(c(N(C)CC(=O)Cc4ccc(OC)nc4)n2)CCC3)c1. The summed E-state index contributed by atoms with van der Waals surface area (Å²) in [5.74, 6) is 2.66. The van der Waals surface area contributed by atoms with E-state index in [0.29, 0.717) is 29.6 Å². The van der Waals surface area contributed by atoms with Crippen molar-refractivity contribution < 1.29 is 14.3 Å². The summed E-state index contributed by atoms with van der Waals surface area (Å²) in [6, 6.07) is 7.23. The summed E-state index contributed by atoms with van der Waals surface area (Å²) in [5.41, 5.74) is 3.66. The van der Waals surface area contributed by atoms with Crippen LogP contribution in [-0.4, -0.2) is 53.5 Å². The first-order valence-corrected chi connectivity index (χ1v) is 10.2. The minimum atomic E-state index is 0.0841. The van der Waals surface area contributed by atoms with Crippen LogP contribution >= 0.6 is 0 Å². The number of carbonyl (C=O) groups is 1. The van der Waals surface area contributed by atoms with Gasteiger partial charge in [-0.2, -0.15) is 0 Å². The Morgan fingerprint density at radius 1 is 1.10 bits per heavy atom. The van der Waals surface area contributed by atoms with Gasteiger partial charge in [-0.05, 0) is 30.9 Å². The lowest BCUT2D eigenvalue weighted by Crippen LogP contribution is -2.28. The molecule has 0 N–H and O–H groups in total. The van der Waals surface area contributed by atoms with Gasteiger partial charge in [-0.1, -0.05) is 6.07 Å². The number of fused-ring (bicyclic) bond motifs is 1. The summed E-state index contributed by atoms with van der Waals surface area (Å²) in [6.07, 6.45) is 6.51. The number of hydrogen-bond acceptors (Lipinski definition) is 8. The predicted octanol–water partition coefficient (Wildman–Crippen LogP) is 2.69. The molecule has 0 atom stereocenters. The molecular formula is C23H25N5O3. The molecule has 8 nitrogen and oxygen atoms in total. The molecule has 0 radical (unpaired) electrons. The number of pyridine rings is 2. The molecule has 0 unspecified atom stereocenters. The van der Waals surface area contributed by atoms with Crippen molar-refractivity contribution in [2.75, 3.05) is 32.7 Å². The summed E-state index contributed by atoms with van der Waals surface area (Å²) in [7, 11) is 5.08. The Bertz CT molecular complexity index is 1090. The van der Waals surface area contributed by atoms with Crippen LogP contribution < -0.4 is 14.4 Å². The van der Waals surface area contributed by atoms with Gasteiger partial charge in [0.1, 0.15) is 17.3 Å². The third-order valence-electron chi connectivity index (χ3n) is 5.29. The van der Waals surface area contributed by atoms with Gasteiger partial charge in [0.05, 0.1) is 20.8 Å². The number of likely N-dealkylation sites (N-methyl/N-ethyl adjacent to an activating group) is 1. The molecule has 8 heteroatoms. The Labute approximate surface area is 181 Å². The number of Topliss-reactive ketones (excluding diaryl/α,β-unsaturated/α-hetero) is 1. The molecule has 0 aliphatic heterocycles. The van der Waals surface area contributed by atoms with Gasteiger partial charge in [0.15, 0.2) is 11.6 Å². The van der Waals surface area contributed by atoms with Crippen molar-refractivity contribution in [1.82, 2.24) is 19.9 Å². The fraction of sp³-hybridized carbons (Fsp3) is 0.348. The molecule has 0 fully saturated rings. The monoisotopic (exact) mass is 419 g/mol. The lowest BCUT2D eigenvalue weighted by Gasteiger charge is -2.21. The summed E-state index contributed by atoms with van der Waals surface area (Å²) in [5, 5.41) is 0. The number of carbonyl (C=O) groups excluding carboxylic acids is 1. The summed E-state index contributed by atoms with van der Waals surface area (Å²) < 4.78 is 10.4. The molecule has 31 heavy (non-hydrogen) atoms. The van der Waals surface area contributed by atoms with Crippen LogP contribution in [-0.2, 0) is 24.1 Å². The highest BCUT2D eigenvalue weighted by Gasteiger charge is 2.23. The van der Waals surface area contributed by atoms with E-state index in [1.807, 2.05) is 24.1 Å². The highest BCUT2D eigenvalue weighted by Crippen LogP contribution is 2.31. The smallest absolute Gasteiger partial charge is 0.212 e. The van der Waals surface area contributed by atoms with Crippen molar-refractivity contribution in [2.24, 2.45) is 0 Å². The van der Waals surface area contributed by atoms with E-state index in [4.69, 9.17) is 19.4 Å². The van der Waals surface area contributed by atoms with E-state index in [0.717, 1.165) is 41.9 Å². The van der Waals surface area contributed by atoms with Crippen molar-refractivity contribution in [3.05, 3.63) is 53.5 Å². The van der Waals surface area contributed by atoms with Gasteiger partial charge >= 0.3 is 0 Å². The molecule has 3 heterocycles. The predicted molar refractivity (Wildman–Crippen MR) is 117 cm³/mol. The van der Waals surface area contributed by atoms with E-state index in [2.05, 4.69) is 9.97 Å². The second-order valence-electron chi connectivity index (χ2n) is 7.51. The maximum atomic E-state index is 12.7. The topological polar surface area (TPSA) is 90.3 Å². The molecule has 0 saturated carbocycles. The zero-order chi connectivity index (χ0) is 21.8. The summed E-state index contributed by atoms with van der Waals surface area (Å²) in [4.78, 5) is 32.7. The van der Waals surface area contributed by atoms with E-state index >= 15 is 0 Å². The Hall–Kier alpha value is -3.55. The highest BCUT2D eigenvalue weighted by atomic mass is 16.5. The fourth-order valence-electron chi connectivity index (χ4n) is 3.76. The highest BCUT2D eigenvalue weighted by molar-refractivity contribution is 5.85. The Morgan fingerprint density at radius 2 is 1.97 bits per heavy atom. The number of anilines is 1. The molecule has 0 saturated heterocycles. The van der Waals surface area contributed by atoms with Crippen LogP contribution in [0, 0.1) is 0 Å². The van der Waals surface area contributed by atoms with Crippen LogP contribution in [0.1, 0.15) is 23.2 Å². The van der Waals surface area contributed by atoms with Gasteiger partial charge in [0.25, 0.3) is 0 Å². The van der Waals surface area contributed by atoms with E-state index < -0.39 is 0 Å². The van der Waals surface area contributed by atoms with E-state index in [9.17, 15) is 4.79 Å². The Kier molecular flexibility index (Phi) is 6.06. The number of aromatic nitrogens is 4. The number of ketones is 1. The summed E-state index contributed by atoms with van der Waals surface area (Å²) >= 11 is 0. The second-order valence-corrected chi connectivity index (χ2v) is 7.51. The molecule has 0 spiro atoms. The average molecular weight is 419 g/mol. The molecule has 1 aliphatic carbocycles. The third kappa shape index (κ3) is 4.63. The van der Waals surface area contributed by atoms with Crippen LogP contribution in [0.2, 0.25) is 0 Å². The van der Waals surface area contributed by atoms with Gasteiger partial charge < -0.3 is 14.4 Å². The van der Waals surface area contributed by atoms with Gasteiger partial charge in [-0.15, -0.1) is 0 Å². The molecule has 0 bridgehead atoms. The first-order chi connectivity index (χ1) is 15.1. The van der Waals surface area contributed by atoms with Crippen molar-refractivity contribution >= 4 is 11.6 Å². The van der Waals surface area contributed by atoms with E-state index in [1.54, 1.807) is 38.7 Å². The van der Waals surface area contributed by atoms with Crippen LogP contribution in [0.15, 0.2) is 36.7 Å². The van der Waals surface area contributed by atoms with Gasteiger partial charge in [-0.25, -0.2) is 15.0 Å². The van der Waals surface area contributed by atoms with E-state index in [1.165, 1.54) is 0 Å². The number of methoxy groups -OCH3 is 2. The van der Waals surface area contributed by atoms with Crippen molar-refractivity contribution in [3.63, 3.8) is 0 Å². The normalized spacial score (nSPS) is 12.4. The minimum Gasteiger partial charge on any atom is -0.497 e. The minimum absolute atomic E-state index is 0.0841. The van der Waals surface area contributed by atoms with Crippen LogP contribution in [0.4, 0.5) is 5.82 Å². The van der Waals surface area contributed by atoms with Crippen molar-refractivity contribution in [3.8, 4) is 23.1 Å². The lowest BCUT2D eigenvalue weighted by molar-refractivity contribution is -0.117. The maximum absolute atomic E-state index is 12.7. The van der Waals surface area contributed by atoms with Crippen LogP contribution in [0.25, 0.3) is 11.5 Å². The number of aryl methyl sites for hydroxylation is 1. The second kappa shape index (κ2) is 9.07. The first kappa shape index (κ1) is 20.7. The van der Waals surface area contributed by atoms with E-state index in [-0.39, 0.29) is 12.3 Å². The van der Waals surface area contributed by atoms with Crippen LogP contribution in [0.5, 0.6) is 11.6 Å². The van der Waals surface area contributed by atoms with Gasteiger partial charge in [0, 0.05) is 49.3 Å². The van der Waals surface area contributed by atoms with Crippen LogP contribution in [0.3, 0.4) is 0 Å². The zero-order valence-electron chi connectivity index (χ0n) is 18.0. The molecule has 0 amide bonds. The Balaban J connectivity index is 1.56. The largest absolute Gasteiger partial charge is 0.497 e. The molecule has 3 aromatic heterocycles. The Morgan fingerprint density at radius 3 is 2.71 bits per heavy atom. The van der Waals surface area contributed by atoms with Gasteiger partial charge in [-0.3, -0.25) is 9.78 Å². The molecular weight excluding hydrogens is 394 g/mol. The quantitative estimate of drug-likeness (QED) is 0.550. The molecule has 4 rings (SSSR count). The standard InChI is InChI=1S/C23H25N5O3/c1-28(14-16(29)11-15-7-8-21(31-3)25-13-15)23-18-5-4-6-19(18)26-22(27-23)20-12-17(30-2)9-10-24-20/h7-10,12-13H,4-6,11,14H2,1-3H3. The molecule has 1 aliphatic rings. The molecule has 0 aromatic carbocycles. The number of ether oxygens (including phenoxy) is 2. The molecule has 160 valence electrons. The van der Waals surface area contributed by atoms with Gasteiger partial charge in [0.2, 0.25) is 5.88 Å². The van der Waals surface area contributed by atoms with Crippen molar-refractivity contribution in [2.45, 2.75) is 25.7 Å². The lowest BCUT2D eigenvalue weighted by atomic mass is 10.1. The number of hydrogen-bond donors (Lipinski definition) is 0. The van der Waals surface area contributed by atoms with Crippen molar-refractivity contribution in [1.29, 1.82) is 0 Å². The number of rotatable bonds is 8. The maximum Gasteiger partial charge on any atom is 0.212 e. The summed E-state index contributed by atoms with van der Waals surface area (Å²) in [6.45, 7) is 0.250. The fourth-order valence-corrected chi connectivity index (χ4v) is 3.76. The third-order valence-corrected chi connectivity index (χ3v) is 5.29. The number of nitrogens with zero attached hydrogens (tertiary/aromatic N) is 5. The zero-order valence-corrected chi connectivity index (χ0v) is 18.0. The first-order valence-electron chi connectivity index (χ1n) is 10.2. The molecule has 3 aromatic rings. The average Bonchev–Trinajstić information content (AvgIpc) is 3.27.